The SMILES string of the molecule is CC(C)CNC(=O)N(C)Cc1ccc(Cl)cc1. The standard InChI is InChI=1S/C13H19ClN2O/c1-10(2)8-15-13(17)16(3)9-11-4-6-12(14)7-5-11/h4-7,10H,8-9H2,1-3H3,(H,15,17). The van der Waals surface area contributed by atoms with Gasteiger partial charge >= 0.3 is 6.03 Å². The Kier molecular flexibility index (Phi) is 5.29. The second kappa shape index (κ2) is 6.50. The fraction of sp³-hybridized carbons (Fsp3) is 0.462. The number of nitrogens with one attached hydrogen (secondary N) is 1. The van der Waals surface area contributed by atoms with Gasteiger partial charge in [0.25, 0.3) is 0 Å². The van der Waals surface area contributed by atoms with Crippen LogP contribution in [-0.2, 0) is 6.54 Å². The number of rotatable bonds is 4. The van der Waals surface area contributed by atoms with Crippen molar-refractivity contribution in [2.75, 3.05) is 13.6 Å². The van der Waals surface area contributed by atoms with Gasteiger partial charge in [-0.2, -0.15) is 0 Å². The van der Waals surface area contributed by atoms with Crippen LogP contribution in [0.25, 0.3) is 0 Å². The monoisotopic (exact) mass is 254 g/mol. The highest BCUT2D eigenvalue weighted by Crippen LogP contribution is 2.10. The first-order valence-corrected chi connectivity index (χ1v) is 6.10. The second-order valence-corrected chi connectivity index (χ2v) is 5.00. The van der Waals surface area contributed by atoms with Crippen molar-refractivity contribution in [1.82, 2.24) is 10.2 Å². The van der Waals surface area contributed by atoms with Crippen molar-refractivity contribution in [3.05, 3.63) is 34.9 Å². The molecule has 17 heavy (non-hydrogen) atoms. The Morgan fingerprint density at radius 3 is 2.47 bits per heavy atom. The maximum Gasteiger partial charge on any atom is 0.317 e. The molecule has 0 aromatic heterocycles. The normalized spacial score (nSPS) is 10.4. The molecule has 3 nitrogen and oxygen atoms in total. The molecule has 1 N–H and O–H groups in total. The highest BCUT2D eigenvalue weighted by molar-refractivity contribution is 6.30. The fourth-order valence-corrected chi connectivity index (χ4v) is 1.49. The molecule has 0 spiro atoms. The predicted octanol–water partition coefficient (Wildman–Crippen LogP) is 3.14. The van der Waals surface area contributed by atoms with E-state index in [1.54, 1.807) is 11.9 Å². The lowest BCUT2D eigenvalue weighted by Gasteiger charge is -2.18. The van der Waals surface area contributed by atoms with E-state index in [4.69, 9.17) is 11.6 Å². The molecule has 0 fully saturated rings. The molecule has 1 rings (SSSR count). The third kappa shape index (κ3) is 5.09. The topological polar surface area (TPSA) is 32.3 Å². The summed E-state index contributed by atoms with van der Waals surface area (Å²) in [5.41, 5.74) is 1.07. The molecule has 2 amide bonds. The zero-order chi connectivity index (χ0) is 12.8. The van der Waals surface area contributed by atoms with Gasteiger partial charge in [0.15, 0.2) is 0 Å². The summed E-state index contributed by atoms with van der Waals surface area (Å²) in [5.74, 6) is 0.461. The number of benzene rings is 1. The molecular formula is C13H19ClN2O. The van der Waals surface area contributed by atoms with Crippen molar-refractivity contribution in [3.63, 3.8) is 0 Å². The van der Waals surface area contributed by atoms with Gasteiger partial charge in [0.05, 0.1) is 0 Å². The van der Waals surface area contributed by atoms with Crippen LogP contribution in [0.3, 0.4) is 0 Å². The molecule has 0 heterocycles. The molecule has 0 radical (unpaired) electrons. The molecule has 0 aliphatic rings. The Bertz CT molecular complexity index is 362. The van der Waals surface area contributed by atoms with E-state index >= 15 is 0 Å². The zero-order valence-corrected chi connectivity index (χ0v) is 11.3. The van der Waals surface area contributed by atoms with Crippen LogP contribution < -0.4 is 5.32 Å². The number of urea groups is 1. The Labute approximate surface area is 108 Å². The van der Waals surface area contributed by atoms with Crippen LogP contribution in [0, 0.1) is 5.92 Å². The van der Waals surface area contributed by atoms with Gasteiger partial charge in [-0.25, -0.2) is 4.79 Å². The van der Waals surface area contributed by atoms with Crippen molar-refractivity contribution in [3.8, 4) is 0 Å². The number of halogens is 1. The molecule has 0 aliphatic heterocycles. The minimum absolute atomic E-state index is 0.0475. The number of hydrogen-bond acceptors (Lipinski definition) is 1. The molecule has 0 bridgehead atoms. The van der Waals surface area contributed by atoms with Crippen molar-refractivity contribution in [1.29, 1.82) is 0 Å². The first-order valence-electron chi connectivity index (χ1n) is 5.72. The van der Waals surface area contributed by atoms with E-state index in [2.05, 4.69) is 19.2 Å². The molecule has 94 valence electrons. The van der Waals surface area contributed by atoms with E-state index in [9.17, 15) is 4.79 Å². The fourth-order valence-electron chi connectivity index (χ4n) is 1.36. The van der Waals surface area contributed by atoms with Crippen molar-refractivity contribution >= 4 is 17.6 Å². The summed E-state index contributed by atoms with van der Waals surface area (Å²) in [6.07, 6.45) is 0. The van der Waals surface area contributed by atoms with Crippen LogP contribution in [0.1, 0.15) is 19.4 Å². The van der Waals surface area contributed by atoms with Gasteiger partial charge in [-0.05, 0) is 23.6 Å². The van der Waals surface area contributed by atoms with Crippen LogP contribution >= 0.6 is 11.6 Å². The lowest BCUT2D eigenvalue weighted by atomic mass is 10.2. The largest absolute Gasteiger partial charge is 0.338 e. The van der Waals surface area contributed by atoms with E-state index in [1.165, 1.54) is 0 Å². The van der Waals surface area contributed by atoms with Gasteiger partial charge in [0, 0.05) is 25.2 Å². The van der Waals surface area contributed by atoms with E-state index in [0.717, 1.165) is 5.56 Å². The summed E-state index contributed by atoms with van der Waals surface area (Å²) in [7, 11) is 1.78. The maximum atomic E-state index is 11.7. The van der Waals surface area contributed by atoms with Crippen molar-refractivity contribution in [2.45, 2.75) is 20.4 Å². The minimum Gasteiger partial charge on any atom is -0.338 e. The molecule has 4 heteroatoms. The van der Waals surface area contributed by atoms with Crippen molar-refractivity contribution in [2.24, 2.45) is 5.92 Å². The van der Waals surface area contributed by atoms with Gasteiger partial charge in [-0.1, -0.05) is 37.6 Å². The predicted molar refractivity (Wildman–Crippen MR) is 71.2 cm³/mol. The average molecular weight is 255 g/mol. The highest BCUT2D eigenvalue weighted by Gasteiger charge is 2.08. The van der Waals surface area contributed by atoms with E-state index in [1.807, 2.05) is 24.3 Å². The molecule has 0 unspecified atom stereocenters. The summed E-state index contributed by atoms with van der Waals surface area (Å²) in [4.78, 5) is 13.4. The Morgan fingerprint density at radius 2 is 1.94 bits per heavy atom. The Hall–Kier alpha value is -1.22. The highest BCUT2D eigenvalue weighted by atomic mass is 35.5. The number of hydrogen-bond donors (Lipinski definition) is 1. The molecule has 1 aromatic carbocycles. The van der Waals surface area contributed by atoms with Crippen LogP contribution in [0.2, 0.25) is 5.02 Å². The van der Waals surface area contributed by atoms with Crippen LogP contribution in [0.5, 0.6) is 0 Å². The number of carbonyl (C=O) groups is 1. The maximum absolute atomic E-state index is 11.7. The molecule has 0 aliphatic carbocycles. The van der Waals surface area contributed by atoms with Gasteiger partial charge in [-0.15, -0.1) is 0 Å². The molecular weight excluding hydrogens is 236 g/mol. The average Bonchev–Trinajstić information content (AvgIpc) is 2.28. The first-order chi connectivity index (χ1) is 7.99. The van der Waals surface area contributed by atoms with Crippen LogP contribution in [0.4, 0.5) is 4.79 Å². The molecule has 0 saturated carbocycles. The second-order valence-electron chi connectivity index (χ2n) is 4.56. The number of carbonyl (C=O) groups excluding carboxylic acids is 1. The Balaban J connectivity index is 2.45. The first kappa shape index (κ1) is 13.8. The number of amides is 2. The van der Waals surface area contributed by atoms with E-state index < -0.39 is 0 Å². The number of nitrogens with zero attached hydrogens (tertiary/aromatic N) is 1. The summed E-state index contributed by atoms with van der Waals surface area (Å²) < 4.78 is 0. The van der Waals surface area contributed by atoms with Gasteiger partial charge in [0.1, 0.15) is 0 Å². The minimum atomic E-state index is -0.0475. The lowest BCUT2D eigenvalue weighted by molar-refractivity contribution is 0.205. The lowest BCUT2D eigenvalue weighted by Crippen LogP contribution is -2.38. The smallest absolute Gasteiger partial charge is 0.317 e. The van der Waals surface area contributed by atoms with Gasteiger partial charge < -0.3 is 10.2 Å². The van der Waals surface area contributed by atoms with Crippen LogP contribution in [-0.4, -0.2) is 24.5 Å². The van der Waals surface area contributed by atoms with Crippen molar-refractivity contribution < 1.29 is 4.79 Å². The molecule has 1 aromatic rings. The third-order valence-corrected chi connectivity index (χ3v) is 2.59. The zero-order valence-electron chi connectivity index (χ0n) is 10.5. The molecule has 0 atom stereocenters. The molecule has 0 saturated heterocycles. The third-order valence-electron chi connectivity index (χ3n) is 2.34. The van der Waals surface area contributed by atoms with Gasteiger partial charge in [-0.3, -0.25) is 0 Å². The summed E-state index contributed by atoms with van der Waals surface area (Å²) >= 11 is 5.80. The van der Waals surface area contributed by atoms with Crippen LogP contribution in [0.15, 0.2) is 24.3 Å². The van der Waals surface area contributed by atoms with E-state index in [-0.39, 0.29) is 6.03 Å². The summed E-state index contributed by atoms with van der Waals surface area (Å²) in [6, 6.07) is 7.46. The summed E-state index contributed by atoms with van der Waals surface area (Å²) in [5, 5.41) is 3.58. The quantitative estimate of drug-likeness (QED) is 0.880. The Morgan fingerprint density at radius 1 is 1.35 bits per heavy atom. The van der Waals surface area contributed by atoms with Gasteiger partial charge in [0.2, 0.25) is 0 Å². The van der Waals surface area contributed by atoms with E-state index in [0.29, 0.717) is 24.0 Å². The summed E-state index contributed by atoms with van der Waals surface area (Å²) in [6.45, 7) is 5.42.